The molecule has 3 N–H and O–H groups in total. The number of para-hydroxylation sites is 1. The van der Waals surface area contributed by atoms with E-state index in [1.165, 1.54) is 7.05 Å². The topological polar surface area (TPSA) is 137 Å². The first-order chi connectivity index (χ1) is 18.5. The molecule has 1 aliphatic carbocycles. The van der Waals surface area contributed by atoms with Gasteiger partial charge in [0.25, 0.3) is 5.91 Å². The first-order valence-corrected chi connectivity index (χ1v) is 12.6. The minimum Gasteiger partial charge on any atom is -0.494 e. The number of hydrogen-bond acceptors (Lipinski definition) is 10. The van der Waals surface area contributed by atoms with Gasteiger partial charge in [-0.3, -0.25) is 14.6 Å². The molecule has 12 nitrogen and oxygen atoms in total. The van der Waals surface area contributed by atoms with E-state index < -0.39 is 5.91 Å². The molecule has 12 heteroatoms. The van der Waals surface area contributed by atoms with E-state index in [4.69, 9.17) is 4.74 Å². The fourth-order valence-corrected chi connectivity index (χ4v) is 4.27. The summed E-state index contributed by atoms with van der Waals surface area (Å²) < 4.78 is 5.77. The Morgan fingerprint density at radius 2 is 1.82 bits per heavy atom. The Kier molecular flexibility index (Phi) is 7.31. The third-order valence-electron chi connectivity index (χ3n) is 6.67. The van der Waals surface area contributed by atoms with E-state index in [9.17, 15) is 9.59 Å². The number of nitrogens with one attached hydrogen (secondary N) is 3. The molecule has 38 heavy (non-hydrogen) atoms. The Hall–Kier alpha value is -4.32. The average Bonchev–Trinajstić information content (AvgIpc) is 3.79. The summed E-state index contributed by atoms with van der Waals surface area (Å²) in [6, 6.07) is 7.18. The fraction of sp³-hybridized carbons (Fsp3) is 0.385. The molecule has 0 radical (unpaired) electrons. The van der Waals surface area contributed by atoms with Crippen LogP contribution in [0.2, 0.25) is 0 Å². The summed E-state index contributed by atoms with van der Waals surface area (Å²) in [5.41, 5.74) is 2.44. The zero-order valence-electron chi connectivity index (χ0n) is 21.7. The lowest BCUT2D eigenvalue weighted by atomic mass is 10.1. The average molecular weight is 518 g/mol. The molecular weight excluding hydrogens is 486 g/mol. The highest BCUT2D eigenvalue weighted by atomic mass is 16.5. The molecule has 0 spiro atoms. The quantitative estimate of drug-likeness (QED) is 0.407. The summed E-state index contributed by atoms with van der Waals surface area (Å²) >= 11 is 0. The normalized spacial score (nSPS) is 15.6. The molecule has 2 amide bonds. The summed E-state index contributed by atoms with van der Waals surface area (Å²) in [4.78, 5) is 38.6. The molecule has 1 aliphatic heterocycles. The van der Waals surface area contributed by atoms with Gasteiger partial charge in [-0.15, -0.1) is 10.2 Å². The Balaban J connectivity index is 1.43. The number of nitrogens with zero attached hydrogens (tertiary/aromatic N) is 6. The third-order valence-corrected chi connectivity index (χ3v) is 6.67. The smallest absolute Gasteiger partial charge is 0.273 e. The highest BCUT2D eigenvalue weighted by molar-refractivity contribution is 6.00. The molecular formula is C26H31N9O3. The molecule has 198 valence electrons. The van der Waals surface area contributed by atoms with E-state index in [0.29, 0.717) is 22.8 Å². The Morgan fingerprint density at radius 3 is 2.47 bits per heavy atom. The SMILES string of the molecule is CNC(=O)c1nnc(NC(=O)C2CC2)cc1Nc1cccc(-c2cnc(N3CCN(C)CC3)cn2)c1OC. The zero-order chi connectivity index (χ0) is 26.6. The largest absolute Gasteiger partial charge is 0.494 e. The molecule has 1 saturated heterocycles. The lowest BCUT2D eigenvalue weighted by Gasteiger charge is -2.32. The van der Waals surface area contributed by atoms with Crippen molar-refractivity contribution in [2.24, 2.45) is 5.92 Å². The second-order valence-corrected chi connectivity index (χ2v) is 9.40. The zero-order valence-corrected chi connectivity index (χ0v) is 21.7. The number of hydrogen-bond donors (Lipinski definition) is 3. The third kappa shape index (κ3) is 5.49. The van der Waals surface area contributed by atoms with Gasteiger partial charge < -0.3 is 30.5 Å². The molecule has 3 heterocycles. The van der Waals surface area contributed by atoms with Crippen LogP contribution in [0.25, 0.3) is 11.3 Å². The van der Waals surface area contributed by atoms with Gasteiger partial charge in [-0.05, 0) is 32.0 Å². The number of carbonyl (C=O) groups is 2. The molecule has 2 aliphatic rings. The predicted octanol–water partition coefficient (Wildman–Crippen LogP) is 2.15. The minimum atomic E-state index is -0.416. The van der Waals surface area contributed by atoms with Gasteiger partial charge in [0, 0.05) is 50.8 Å². The van der Waals surface area contributed by atoms with Crippen molar-refractivity contribution in [1.82, 2.24) is 30.4 Å². The van der Waals surface area contributed by atoms with Crippen molar-refractivity contribution in [2.45, 2.75) is 12.8 Å². The second-order valence-electron chi connectivity index (χ2n) is 9.40. The fourth-order valence-electron chi connectivity index (χ4n) is 4.27. The van der Waals surface area contributed by atoms with Crippen LogP contribution in [0.3, 0.4) is 0 Å². The number of methoxy groups -OCH3 is 1. The molecule has 0 bridgehead atoms. The molecule has 1 saturated carbocycles. The monoisotopic (exact) mass is 517 g/mol. The number of anilines is 4. The minimum absolute atomic E-state index is 0.00681. The molecule has 2 aromatic heterocycles. The van der Waals surface area contributed by atoms with Crippen molar-refractivity contribution >= 4 is 34.8 Å². The van der Waals surface area contributed by atoms with Gasteiger partial charge in [-0.25, -0.2) is 4.98 Å². The summed E-state index contributed by atoms with van der Waals surface area (Å²) in [6.45, 7) is 3.78. The number of likely N-dealkylation sites (N-methyl/N-ethyl adjacent to an activating group) is 1. The van der Waals surface area contributed by atoms with Crippen LogP contribution in [0.4, 0.5) is 23.0 Å². The predicted molar refractivity (Wildman–Crippen MR) is 144 cm³/mol. The number of carbonyl (C=O) groups excluding carboxylic acids is 2. The van der Waals surface area contributed by atoms with Crippen molar-refractivity contribution in [3.05, 3.63) is 42.4 Å². The van der Waals surface area contributed by atoms with Gasteiger partial charge in [-0.1, -0.05) is 6.07 Å². The molecule has 0 atom stereocenters. The van der Waals surface area contributed by atoms with Crippen molar-refractivity contribution < 1.29 is 14.3 Å². The van der Waals surface area contributed by atoms with Gasteiger partial charge >= 0.3 is 0 Å². The van der Waals surface area contributed by atoms with Crippen LogP contribution in [-0.2, 0) is 4.79 Å². The number of ether oxygens (including phenoxy) is 1. The first-order valence-electron chi connectivity index (χ1n) is 12.6. The molecule has 1 aromatic carbocycles. The second kappa shape index (κ2) is 11.0. The Labute approximate surface area is 220 Å². The lowest BCUT2D eigenvalue weighted by Crippen LogP contribution is -2.44. The maximum Gasteiger partial charge on any atom is 0.273 e. The Morgan fingerprint density at radius 1 is 1.03 bits per heavy atom. The van der Waals surface area contributed by atoms with E-state index in [0.717, 1.165) is 50.4 Å². The van der Waals surface area contributed by atoms with Crippen LogP contribution in [0.15, 0.2) is 36.7 Å². The summed E-state index contributed by atoms with van der Waals surface area (Å²) in [5.74, 6) is 1.12. The van der Waals surface area contributed by atoms with E-state index >= 15 is 0 Å². The van der Waals surface area contributed by atoms with Crippen molar-refractivity contribution in [1.29, 1.82) is 0 Å². The summed E-state index contributed by atoms with van der Waals surface area (Å²) in [6.07, 6.45) is 5.25. The van der Waals surface area contributed by atoms with Crippen LogP contribution in [0.1, 0.15) is 23.3 Å². The molecule has 2 fully saturated rings. The number of benzene rings is 1. The number of rotatable bonds is 8. The van der Waals surface area contributed by atoms with Crippen molar-refractivity contribution in [3.63, 3.8) is 0 Å². The van der Waals surface area contributed by atoms with E-state index in [-0.39, 0.29) is 23.3 Å². The van der Waals surface area contributed by atoms with Crippen LogP contribution in [0.5, 0.6) is 5.75 Å². The van der Waals surface area contributed by atoms with Gasteiger partial charge in [0.15, 0.2) is 17.3 Å². The molecule has 3 aromatic rings. The van der Waals surface area contributed by atoms with E-state index in [2.05, 4.69) is 53.0 Å². The van der Waals surface area contributed by atoms with Crippen LogP contribution in [0, 0.1) is 5.92 Å². The van der Waals surface area contributed by atoms with Crippen molar-refractivity contribution in [3.8, 4) is 17.0 Å². The van der Waals surface area contributed by atoms with Crippen LogP contribution < -0.4 is 25.6 Å². The van der Waals surface area contributed by atoms with Crippen LogP contribution >= 0.6 is 0 Å². The first kappa shape index (κ1) is 25.3. The van der Waals surface area contributed by atoms with E-state index in [1.807, 2.05) is 18.2 Å². The summed E-state index contributed by atoms with van der Waals surface area (Å²) in [5, 5.41) is 16.7. The number of amides is 2. The van der Waals surface area contributed by atoms with Gasteiger partial charge in [0.05, 0.1) is 36.6 Å². The number of aromatic nitrogens is 4. The highest BCUT2D eigenvalue weighted by Crippen LogP contribution is 2.38. The maximum atomic E-state index is 12.5. The molecule has 0 unspecified atom stereocenters. The van der Waals surface area contributed by atoms with E-state index in [1.54, 1.807) is 25.6 Å². The van der Waals surface area contributed by atoms with Gasteiger partial charge in [0.1, 0.15) is 5.82 Å². The van der Waals surface area contributed by atoms with Crippen molar-refractivity contribution in [2.75, 3.05) is 62.9 Å². The lowest BCUT2D eigenvalue weighted by molar-refractivity contribution is -0.117. The maximum absolute atomic E-state index is 12.5. The standard InChI is InChI=1S/C26H31N9O3/c1-27-26(37)23-19(13-21(32-33-23)31-25(36)16-7-8-16)30-18-6-4-5-17(24(18)38-3)20-14-29-22(15-28-20)35-11-9-34(2)10-12-35/h4-6,13-16H,7-12H2,1-3H3,(H,27,37)(H2,30,31,32,36). The molecule has 5 rings (SSSR count). The van der Waals surface area contributed by atoms with Gasteiger partial charge in [-0.2, -0.15) is 0 Å². The highest BCUT2D eigenvalue weighted by Gasteiger charge is 2.30. The van der Waals surface area contributed by atoms with Crippen LogP contribution in [-0.4, -0.2) is 84.3 Å². The van der Waals surface area contributed by atoms with Gasteiger partial charge in [0.2, 0.25) is 5.91 Å². The Bertz CT molecular complexity index is 1320. The number of piperazine rings is 1. The summed E-state index contributed by atoms with van der Waals surface area (Å²) in [7, 11) is 5.20.